The number of nitrogens with one attached hydrogen (secondary N) is 1. The Hall–Kier alpha value is -3.59. The van der Waals surface area contributed by atoms with E-state index in [2.05, 4.69) is 5.32 Å². The van der Waals surface area contributed by atoms with Gasteiger partial charge in [0.2, 0.25) is 0 Å². The molecule has 2 aromatic carbocycles. The number of carbonyl (C=O) groups is 1. The summed E-state index contributed by atoms with van der Waals surface area (Å²) >= 11 is 0. The minimum atomic E-state index is -0.725. The first kappa shape index (κ1) is 16.3. The molecule has 124 valence electrons. The number of carbonyl (C=O) groups excluding carboxylic acids is 1. The van der Waals surface area contributed by atoms with E-state index >= 15 is 0 Å². The van der Waals surface area contributed by atoms with Crippen molar-refractivity contribution in [3.8, 4) is 11.8 Å². The minimum Gasteiger partial charge on any atom is -0.481 e. The summed E-state index contributed by atoms with van der Waals surface area (Å²) < 4.78 is 10.6. The van der Waals surface area contributed by atoms with Gasteiger partial charge in [-0.2, -0.15) is 5.26 Å². The van der Waals surface area contributed by atoms with E-state index in [1.54, 1.807) is 55.5 Å². The number of hydrogen-bond acceptors (Lipinski definition) is 5. The maximum absolute atomic E-state index is 12.3. The van der Waals surface area contributed by atoms with E-state index in [1.807, 2.05) is 6.07 Å². The van der Waals surface area contributed by atoms with E-state index in [0.717, 1.165) is 0 Å². The van der Waals surface area contributed by atoms with Crippen molar-refractivity contribution in [3.63, 3.8) is 0 Å². The first-order valence-corrected chi connectivity index (χ1v) is 7.57. The summed E-state index contributed by atoms with van der Waals surface area (Å²) in [5, 5.41) is 12.2. The fourth-order valence-electron chi connectivity index (χ4n) is 2.26. The molecule has 0 aliphatic carbocycles. The number of nitriles is 1. The second kappa shape index (κ2) is 6.89. The zero-order valence-corrected chi connectivity index (χ0v) is 13.4. The van der Waals surface area contributed by atoms with Gasteiger partial charge in [0.25, 0.3) is 5.91 Å². The topological polar surface area (TPSA) is 92.3 Å². The number of hydrogen-bond donors (Lipinski definition) is 1. The Labute approximate surface area is 143 Å². The van der Waals surface area contributed by atoms with Crippen LogP contribution in [0.15, 0.2) is 63.8 Å². The van der Waals surface area contributed by atoms with Crippen molar-refractivity contribution < 1.29 is 13.9 Å². The Kier molecular flexibility index (Phi) is 4.48. The summed E-state index contributed by atoms with van der Waals surface area (Å²) in [6.07, 6.45) is -0.725. The average Bonchev–Trinajstić information content (AvgIpc) is 2.62. The molecule has 0 bridgehead atoms. The zero-order valence-electron chi connectivity index (χ0n) is 13.4. The average molecular weight is 334 g/mol. The van der Waals surface area contributed by atoms with Crippen LogP contribution in [0.2, 0.25) is 0 Å². The Morgan fingerprint density at radius 3 is 2.64 bits per heavy atom. The van der Waals surface area contributed by atoms with Gasteiger partial charge < -0.3 is 14.5 Å². The molecule has 1 amide bonds. The van der Waals surface area contributed by atoms with Crippen molar-refractivity contribution in [2.45, 2.75) is 13.0 Å². The number of ether oxygens (including phenoxy) is 1. The monoisotopic (exact) mass is 334 g/mol. The summed E-state index contributed by atoms with van der Waals surface area (Å²) in [4.78, 5) is 23.4. The largest absolute Gasteiger partial charge is 0.481 e. The third kappa shape index (κ3) is 3.85. The Morgan fingerprint density at radius 1 is 1.16 bits per heavy atom. The van der Waals surface area contributed by atoms with Crippen LogP contribution in [0.3, 0.4) is 0 Å². The normalized spacial score (nSPS) is 11.5. The van der Waals surface area contributed by atoms with Gasteiger partial charge in [0, 0.05) is 17.1 Å². The SMILES string of the molecule is CC(Oc1ccc(C#N)cc1)C(=O)Nc1ccc2oc(=O)ccc2c1. The Bertz CT molecular complexity index is 1020. The second-order valence-electron chi connectivity index (χ2n) is 5.39. The lowest BCUT2D eigenvalue weighted by atomic mass is 10.2. The van der Waals surface area contributed by atoms with Crippen LogP contribution in [0.25, 0.3) is 11.0 Å². The van der Waals surface area contributed by atoms with E-state index in [-0.39, 0.29) is 5.91 Å². The quantitative estimate of drug-likeness (QED) is 0.740. The molecule has 1 atom stereocenters. The summed E-state index contributed by atoms with van der Waals surface area (Å²) in [5.41, 5.74) is 1.12. The number of nitrogens with zero attached hydrogens (tertiary/aromatic N) is 1. The van der Waals surface area contributed by atoms with E-state index in [9.17, 15) is 9.59 Å². The number of anilines is 1. The van der Waals surface area contributed by atoms with Gasteiger partial charge in [0.05, 0.1) is 11.6 Å². The molecular weight excluding hydrogens is 320 g/mol. The van der Waals surface area contributed by atoms with Crippen molar-refractivity contribution in [1.82, 2.24) is 0 Å². The van der Waals surface area contributed by atoms with Crippen molar-refractivity contribution in [1.29, 1.82) is 5.26 Å². The van der Waals surface area contributed by atoms with Gasteiger partial charge in [-0.05, 0) is 55.5 Å². The molecule has 0 spiro atoms. The van der Waals surface area contributed by atoms with Crippen LogP contribution in [0.1, 0.15) is 12.5 Å². The molecule has 6 nitrogen and oxygen atoms in total. The lowest BCUT2D eigenvalue weighted by molar-refractivity contribution is -0.122. The lowest BCUT2D eigenvalue weighted by Crippen LogP contribution is -2.30. The first-order chi connectivity index (χ1) is 12.0. The molecule has 3 rings (SSSR count). The van der Waals surface area contributed by atoms with Crippen LogP contribution >= 0.6 is 0 Å². The molecule has 0 aliphatic rings. The zero-order chi connectivity index (χ0) is 17.8. The third-order valence-corrected chi connectivity index (χ3v) is 3.55. The number of fused-ring (bicyclic) bond motifs is 1. The van der Waals surface area contributed by atoms with Gasteiger partial charge >= 0.3 is 5.63 Å². The maximum Gasteiger partial charge on any atom is 0.336 e. The first-order valence-electron chi connectivity index (χ1n) is 7.57. The molecule has 0 fully saturated rings. The van der Waals surface area contributed by atoms with Crippen molar-refractivity contribution in [2.24, 2.45) is 0 Å². The number of benzene rings is 2. The number of rotatable bonds is 4. The Balaban J connectivity index is 1.69. The molecule has 25 heavy (non-hydrogen) atoms. The standard InChI is InChI=1S/C19H14N2O4/c1-12(24-16-6-2-13(11-20)3-7-16)19(23)21-15-5-8-17-14(10-15)4-9-18(22)25-17/h2-10,12H,1H3,(H,21,23). The van der Waals surface area contributed by atoms with E-state index in [1.165, 1.54) is 6.07 Å². The predicted molar refractivity (Wildman–Crippen MR) is 92.4 cm³/mol. The highest BCUT2D eigenvalue weighted by Crippen LogP contribution is 2.19. The van der Waals surface area contributed by atoms with Crippen LogP contribution in [-0.2, 0) is 4.79 Å². The summed E-state index contributed by atoms with van der Waals surface area (Å²) in [6, 6.07) is 16.5. The van der Waals surface area contributed by atoms with Gasteiger partial charge in [0.15, 0.2) is 6.10 Å². The molecule has 1 unspecified atom stereocenters. The van der Waals surface area contributed by atoms with Crippen molar-refractivity contribution in [3.05, 3.63) is 70.6 Å². The maximum atomic E-state index is 12.3. The van der Waals surface area contributed by atoms with Crippen LogP contribution in [-0.4, -0.2) is 12.0 Å². The highest BCUT2D eigenvalue weighted by molar-refractivity contribution is 5.96. The van der Waals surface area contributed by atoms with E-state index in [4.69, 9.17) is 14.4 Å². The van der Waals surface area contributed by atoms with E-state index in [0.29, 0.717) is 28.0 Å². The van der Waals surface area contributed by atoms with Gasteiger partial charge in [-0.1, -0.05) is 0 Å². The highest BCUT2D eigenvalue weighted by Gasteiger charge is 2.15. The summed E-state index contributed by atoms with van der Waals surface area (Å²) in [7, 11) is 0. The molecular formula is C19H14N2O4. The van der Waals surface area contributed by atoms with Gasteiger partial charge in [-0.15, -0.1) is 0 Å². The second-order valence-corrected chi connectivity index (χ2v) is 5.39. The van der Waals surface area contributed by atoms with Crippen LogP contribution in [0, 0.1) is 11.3 Å². The summed E-state index contributed by atoms with van der Waals surface area (Å²) in [5.74, 6) is 0.183. The van der Waals surface area contributed by atoms with E-state index < -0.39 is 11.7 Å². The Morgan fingerprint density at radius 2 is 1.92 bits per heavy atom. The van der Waals surface area contributed by atoms with Gasteiger partial charge in [-0.3, -0.25) is 4.79 Å². The fourth-order valence-corrected chi connectivity index (χ4v) is 2.26. The van der Waals surface area contributed by atoms with Crippen LogP contribution in [0.5, 0.6) is 5.75 Å². The molecule has 6 heteroatoms. The molecule has 1 heterocycles. The van der Waals surface area contributed by atoms with Gasteiger partial charge in [0.1, 0.15) is 11.3 Å². The van der Waals surface area contributed by atoms with Crippen LogP contribution in [0.4, 0.5) is 5.69 Å². The molecule has 3 aromatic rings. The fraction of sp³-hybridized carbons (Fsp3) is 0.105. The van der Waals surface area contributed by atoms with Crippen molar-refractivity contribution in [2.75, 3.05) is 5.32 Å². The third-order valence-electron chi connectivity index (χ3n) is 3.55. The highest BCUT2D eigenvalue weighted by atomic mass is 16.5. The molecule has 0 saturated heterocycles. The lowest BCUT2D eigenvalue weighted by Gasteiger charge is -2.15. The molecule has 0 aliphatic heterocycles. The smallest absolute Gasteiger partial charge is 0.336 e. The predicted octanol–water partition coefficient (Wildman–Crippen LogP) is 3.07. The van der Waals surface area contributed by atoms with Crippen molar-refractivity contribution >= 4 is 22.6 Å². The van der Waals surface area contributed by atoms with Gasteiger partial charge in [-0.25, -0.2) is 4.79 Å². The minimum absolute atomic E-state index is 0.318. The number of amides is 1. The molecule has 0 saturated carbocycles. The molecule has 0 radical (unpaired) electrons. The van der Waals surface area contributed by atoms with Crippen LogP contribution < -0.4 is 15.7 Å². The summed E-state index contributed by atoms with van der Waals surface area (Å²) in [6.45, 7) is 1.63. The molecule has 1 aromatic heterocycles. The molecule has 1 N–H and O–H groups in total.